The van der Waals surface area contributed by atoms with Crippen LogP contribution in [0.3, 0.4) is 0 Å². The van der Waals surface area contributed by atoms with Crippen LogP contribution in [0.5, 0.6) is 0 Å². The monoisotopic (exact) mass is 383 g/mol. The van der Waals surface area contributed by atoms with E-state index in [1.54, 1.807) is 0 Å². The first-order valence-corrected chi connectivity index (χ1v) is 10.1. The van der Waals surface area contributed by atoms with Gasteiger partial charge in [0, 0.05) is 18.8 Å². The lowest BCUT2D eigenvalue weighted by molar-refractivity contribution is -0.113. The number of morpholine rings is 1. The van der Waals surface area contributed by atoms with E-state index >= 15 is 0 Å². The molecular weight excluding hydrogens is 358 g/mol. The highest BCUT2D eigenvalue weighted by Crippen LogP contribution is 2.20. The minimum atomic E-state index is -0.0253. The van der Waals surface area contributed by atoms with E-state index in [1.807, 2.05) is 62.4 Å². The van der Waals surface area contributed by atoms with E-state index in [9.17, 15) is 4.79 Å². The highest BCUT2D eigenvalue weighted by molar-refractivity contribution is 8.14. The van der Waals surface area contributed by atoms with Gasteiger partial charge in [-0.3, -0.25) is 4.79 Å². The molecule has 0 atom stereocenters. The number of hydrogen-bond acceptors (Lipinski definition) is 4. The van der Waals surface area contributed by atoms with Crippen LogP contribution >= 0.6 is 11.8 Å². The van der Waals surface area contributed by atoms with Crippen molar-refractivity contribution in [1.82, 2.24) is 4.90 Å². The second kappa shape index (κ2) is 9.58. The molecule has 1 N–H and O–H groups in total. The van der Waals surface area contributed by atoms with E-state index in [4.69, 9.17) is 9.73 Å². The van der Waals surface area contributed by atoms with Gasteiger partial charge in [-0.25, -0.2) is 4.99 Å². The molecule has 5 nitrogen and oxygen atoms in total. The number of rotatable bonds is 4. The van der Waals surface area contributed by atoms with Crippen LogP contribution < -0.4 is 5.32 Å². The van der Waals surface area contributed by atoms with Crippen molar-refractivity contribution < 1.29 is 9.53 Å². The van der Waals surface area contributed by atoms with Crippen LogP contribution in [-0.4, -0.2) is 48.0 Å². The maximum atomic E-state index is 12.5. The largest absolute Gasteiger partial charge is 0.378 e. The highest BCUT2D eigenvalue weighted by Gasteiger charge is 2.17. The standard InChI is InChI=1S/C21H25N3O2S/c1-16-8-9-17(2)19(14-16)23-20(25)15-27-21(24-10-12-26-13-11-24)22-18-6-4-3-5-7-18/h3-9,14H,10-13,15H2,1-2H3,(H,23,25). The van der Waals surface area contributed by atoms with Crippen molar-refractivity contribution in [2.45, 2.75) is 13.8 Å². The van der Waals surface area contributed by atoms with Gasteiger partial charge in [-0.2, -0.15) is 0 Å². The van der Waals surface area contributed by atoms with Crippen molar-refractivity contribution in [3.05, 3.63) is 59.7 Å². The number of ether oxygens (including phenoxy) is 1. The fourth-order valence-electron chi connectivity index (χ4n) is 2.75. The average Bonchev–Trinajstić information content (AvgIpc) is 2.69. The second-order valence-corrected chi connectivity index (χ2v) is 7.43. The summed E-state index contributed by atoms with van der Waals surface area (Å²) in [6.45, 7) is 6.96. The minimum Gasteiger partial charge on any atom is -0.378 e. The number of aliphatic imine (C=N–C) groups is 1. The molecule has 0 aliphatic carbocycles. The molecule has 27 heavy (non-hydrogen) atoms. The summed E-state index contributed by atoms with van der Waals surface area (Å²) >= 11 is 1.47. The first kappa shape index (κ1) is 19.5. The van der Waals surface area contributed by atoms with Crippen LogP contribution in [0.25, 0.3) is 0 Å². The predicted octanol–water partition coefficient (Wildman–Crippen LogP) is 4.00. The molecule has 1 aliphatic rings. The van der Waals surface area contributed by atoms with Crippen LogP contribution in [0.2, 0.25) is 0 Å². The number of thioether (sulfide) groups is 1. The van der Waals surface area contributed by atoms with Gasteiger partial charge in [0.15, 0.2) is 5.17 Å². The Kier molecular flexibility index (Phi) is 6.90. The van der Waals surface area contributed by atoms with Gasteiger partial charge in [-0.1, -0.05) is 42.1 Å². The number of amides is 1. The molecule has 1 aliphatic heterocycles. The SMILES string of the molecule is Cc1ccc(C)c(NC(=O)CSC(=Nc2ccccc2)N2CCOCC2)c1. The number of aryl methyl sites for hydroxylation is 2. The number of hydrogen-bond donors (Lipinski definition) is 1. The van der Waals surface area contributed by atoms with Gasteiger partial charge in [-0.05, 0) is 43.2 Å². The molecule has 1 fully saturated rings. The summed E-state index contributed by atoms with van der Waals surface area (Å²) in [5.74, 6) is 0.291. The fraction of sp³-hybridized carbons (Fsp3) is 0.333. The van der Waals surface area contributed by atoms with E-state index in [2.05, 4.69) is 10.2 Å². The van der Waals surface area contributed by atoms with E-state index in [0.717, 1.165) is 40.8 Å². The maximum Gasteiger partial charge on any atom is 0.234 e. The minimum absolute atomic E-state index is 0.0253. The number of carbonyl (C=O) groups excluding carboxylic acids is 1. The quantitative estimate of drug-likeness (QED) is 0.641. The van der Waals surface area contributed by atoms with Gasteiger partial charge in [-0.15, -0.1) is 0 Å². The number of nitrogens with one attached hydrogen (secondary N) is 1. The molecule has 2 aromatic carbocycles. The molecule has 1 saturated heterocycles. The van der Waals surface area contributed by atoms with Gasteiger partial charge in [0.05, 0.1) is 24.7 Å². The number of nitrogens with zero attached hydrogens (tertiary/aromatic N) is 2. The number of anilines is 1. The Labute approximate surface area is 164 Å². The van der Waals surface area contributed by atoms with E-state index in [0.29, 0.717) is 19.0 Å². The average molecular weight is 384 g/mol. The zero-order chi connectivity index (χ0) is 19.1. The molecule has 0 spiro atoms. The Morgan fingerprint density at radius 1 is 1.15 bits per heavy atom. The lowest BCUT2D eigenvalue weighted by atomic mass is 10.1. The molecule has 2 aromatic rings. The topological polar surface area (TPSA) is 53.9 Å². The molecule has 1 amide bonds. The third-order valence-corrected chi connectivity index (χ3v) is 5.28. The number of benzene rings is 2. The van der Waals surface area contributed by atoms with Gasteiger partial charge in [0.25, 0.3) is 0 Å². The van der Waals surface area contributed by atoms with Crippen LogP contribution in [0, 0.1) is 13.8 Å². The molecule has 0 unspecified atom stereocenters. The zero-order valence-electron chi connectivity index (χ0n) is 15.8. The van der Waals surface area contributed by atoms with E-state index < -0.39 is 0 Å². The summed E-state index contributed by atoms with van der Waals surface area (Å²) in [5, 5.41) is 3.88. The Morgan fingerprint density at radius 3 is 2.63 bits per heavy atom. The van der Waals surface area contributed by atoms with Crippen LogP contribution in [-0.2, 0) is 9.53 Å². The van der Waals surface area contributed by atoms with Gasteiger partial charge in [0.2, 0.25) is 5.91 Å². The van der Waals surface area contributed by atoms with Crippen LogP contribution in [0.4, 0.5) is 11.4 Å². The summed E-state index contributed by atoms with van der Waals surface area (Å²) < 4.78 is 5.44. The summed E-state index contributed by atoms with van der Waals surface area (Å²) in [6, 6.07) is 15.9. The zero-order valence-corrected chi connectivity index (χ0v) is 16.6. The number of amidine groups is 1. The summed E-state index contributed by atoms with van der Waals surface area (Å²) in [6.07, 6.45) is 0. The molecule has 6 heteroatoms. The summed E-state index contributed by atoms with van der Waals surface area (Å²) in [4.78, 5) is 19.4. The van der Waals surface area contributed by atoms with Gasteiger partial charge < -0.3 is 15.0 Å². The highest BCUT2D eigenvalue weighted by atomic mass is 32.2. The summed E-state index contributed by atoms with van der Waals surface area (Å²) in [7, 11) is 0. The normalized spacial score (nSPS) is 14.9. The Hall–Kier alpha value is -2.31. The summed E-state index contributed by atoms with van der Waals surface area (Å²) in [5.41, 5.74) is 3.95. The van der Waals surface area contributed by atoms with E-state index in [-0.39, 0.29) is 5.91 Å². The number of para-hydroxylation sites is 1. The lowest BCUT2D eigenvalue weighted by Gasteiger charge is -2.29. The molecule has 0 radical (unpaired) electrons. The lowest BCUT2D eigenvalue weighted by Crippen LogP contribution is -2.39. The third-order valence-electron chi connectivity index (χ3n) is 4.26. The molecule has 1 heterocycles. The van der Waals surface area contributed by atoms with Crippen LogP contribution in [0.1, 0.15) is 11.1 Å². The Balaban J connectivity index is 1.67. The third kappa shape index (κ3) is 5.84. The molecule has 0 bridgehead atoms. The molecule has 0 aromatic heterocycles. The molecule has 3 rings (SSSR count). The first-order chi connectivity index (χ1) is 13.1. The fourth-order valence-corrected chi connectivity index (χ4v) is 3.62. The van der Waals surface area contributed by atoms with Crippen molar-refractivity contribution in [3.63, 3.8) is 0 Å². The van der Waals surface area contributed by atoms with Gasteiger partial charge in [0.1, 0.15) is 0 Å². The van der Waals surface area contributed by atoms with Crippen molar-refractivity contribution in [3.8, 4) is 0 Å². The second-order valence-electron chi connectivity index (χ2n) is 6.48. The predicted molar refractivity (Wildman–Crippen MR) is 113 cm³/mol. The molecule has 0 saturated carbocycles. The van der Waals surface area contributed by atoms with E-state index in [1.165, 1.54) is 11.8 Å². The first-order valence-electron chi connectivity index (χ1n) is 9.08. The smallest absolute Gasteiger partial charge is 0.234 e. The van der Waals surface area contributed by atoms with Crippen molar-refractivity contribution >= 4 is 34.2 Å². The maximum absolute atomic E-state index is 12.5. The van der Waals surface area contributed by atoms with Crippen molar-refractivity contribution in [2.75, 3.05) is 37.4 Å². The number of carbonyl (C=O) groups is 1. The Bertz CT molecular complexity index is 802. The molecular formula is C21H25N3O2S. The van der Waals surface area contributed by atoms with Gasteiger partial charge >= 0.3 is 0 Å². The Morgan fingerprint density at radius 2 is 1.89 bits per heavy atom. The van der Waals surface area contributed by atoms with Crippen molar-refractivity contribution in [2.24, 2.45) is 4.99 Å². The van der Waals surface area contributed by atoms with Crippen LogP contribution in [0.15, 0.2) is 53.5 Å². The molecule has 142 valence electrons. The van der Waals surface area contributed by atoms with Crippen molar-refractivity contribution in [1.29, 1.82) is 0 Å².